The summed E-state index contributed by atoms with van der Waals surface area (Å²) in [6.07, 6.45) is 1.12. The molecule has 1 atom stereocenters. The smallest absolute Gasteiger partial charge is 0.197 e. The van der Waals surface area contributed by atoms with Gasteiger partial charge in [0.2, 0.25) is 0 Å². The van der Waals surface area contributed by atoms with Crippen molar-refractivity contribution in [3.8, 4) is 0 Å². The van der Waals surface area contributed by atoms with Crippen LogP contribution in [0.25, 0.3) is 0 Å². The Kier molecular flexibility index (Phi) is 5.20. The van der Waals surface area contributed by atoms with Gasteiger partial charge in [0.1, 0.15) is 0 Å². The van der Waals surface area contributed by atoms with Gasteiger partial charge in [-0.2, -0.15) is 0 Å². The third-order valence-corrected chi connectivity index (χ3v) is 3.02. The van der Waals surface area contributed by atoms with Gasteiger partial charge in [0, 0.05) is 5.92 Å². The van der Waals surface area contributed by atoms with Gasteiger partial charge < -0.3 is 0 Å². The van der Waals surface area contributed by atoms with Crippen LogP contribution >= 0.6 is 34.8 Å². The van der Waals surface area contributed by atoms with E-state index in [-0.39, 0.29) is 12.5 Å². The molecule has 0 aromatic heterocycles. The van der Waals surface area contributed by atoms with Crippen LogP contribution in [0.4, 0.5) is 0 Å². The summed E-state index contributed by atoms with van der Waals surface area (Å²) in [6.45, 7) is -0.135. The van der Waals surface area contributed by atoms with Crippen molar-refractivity contribution < 1.29 is 5.11 Å². The lowest BCUT2D eigenvalue weighted by Gasteiger charge is -2.24. The number of hydrogen-bond acceptors (Lipinski definition) is 0. The third-order valence-electron chi connectivity index (χ3n) is 2.23. The van der Waals surface area contributed by atoms with Crippen molar-refractivity contribution in [1.82, 2.24) is 0 Å². The molecule has 0 aliphatic carbocycles. The zero-order valence-corrected chi connectivity index (χ0v) is 10.4. The van der Waals surface area contributed by atoms with Crippen molar-refractivity contribution in [1.29, 1.82) is 0 Å². The molecule has 15 heavy (non-hydrogen) atoms. The molecule has 1 unspecified atom stereocenters. The maximum Gasteiger partial charge on any atom is 0.197 e. The summed E-state index contributed by atoms with van der Waals surface area (Å²) < 4.78 is -1.35. The van der Waals surface area contributed by atoms with E-state index in [0.29, 0.717) is 12.8 Å². The molecule has 83 valence electrons. The van der Waals surface area contributed by atoms with Crippen LogP contribution in [0.2, 0.25) is 0 Å². The second-order valence-electron chi connectivity index (χ2n) is 3.35. The summed E-state index contributed by atoms with van der Waals surface area (Å²) in [5.41, 5.74) is 0.964. The second kappa shape index (κ2) is 5.95. The third kappa shape index (κ3) is 4.20. The minimum atomic E-state index is -1.35. The summed E-state index contributed by atoms with van der Waals surface area (Å²) in [4.78, 5) is 0. The molecule has 0 spiro atoms. The highest BCUT2D eigenvalue weighted by molar-refractivity contribution is 6.68. The molecule has 0 saturated carbocycles. The van der Waals surface area contributed by atoms with Crippen LogP contribution in [0.5, 0.6) is 0 Å². The van der Waals surface area contributed by atoms with Crippen LogP contribution in [-0.2, 0) is 5.11 Å². The number of alkyl halides is 3. The number of rotatable bonds is 4. The zero-order chi connectivity index (χ0) is 11.3. The molecule has 0 saturated heterocycles. The van der Waals surface area contributed by atoms with E-state index in [0.717, 1.165) is 5.56 Å². The summed E-state index contributed by atoms with van der Waals surface area (Å²) in [5.74, 6) is -0.211. The van der Waals surface area contributed by atoms with Gasteiger partial charge in [-0.1, -0.05) is 65.1 Å². The lowest BCUT2D eigenvalue weighted by atomic mass is 9.96. The largest absolute Gasteiger partial charge is 0.237 e. The Hall–Kier alpha value is 0.0500. The quantitative estimate of drug-likeness (QED) is 0.722. The van der Waals surface area contributed by atoms with E-state index in [1.54, 1.807) is 0 Å². The Bertz CT molecular complexity index is 282. The average Bonchev–Trinajstić information content (AvgIpc) is 2.18. The zero-order valence-electron chi connectivity index (χ0n) is 8.13. The van der Waals surface area contributed by atoms with Gasteiger partial charge in [-0.05, 0) is 18.4 Å². The van der Waals surface area contributed by atoms with Crippen LogP contribution in [0, 0.1) is 0 Å². The van der Waals surface area contributed by atoms with E-state index in [1.807, 2.05) is 30.3 Å². The molecule has 1 aromatic rings. The summed E-state index contributed by atoms with van der Waals surface area (Å²) in [6, 6.07) is 9.53. The van der Waals surface area contributed by atoms with Crippen molar-refractivity contribution >= 4 is 34.8 Å². The first-order chi connectivity index (χ1) is 7.05. The fourth-order valence-corrected chi connectivity index (χ4v) is 2.20. The molecule has 1 rings (SSSR count). The predicted octanol–water partition coefficient (Wildman–Crippen LogP) is 4.35. The van der Waals surface area contributed by atoms with E-state index in [9.17, 15) is 5.11 Å². The molecule has 0 heterocycles. The first-order valence-corrected chi connectivity index (χ1v) is 5.89. The minimum Gasteiger partial charge on any atom is -0.237 e. The highest BCUT2D eigenvalue weighted by atomic mass is 35.6. The minimum absolute atomic E-state index is 0.135. The van der Waals surface area contributed by atoms with Crippen molar-refractivity contribution in [3.63, 3.8) is 0 Å². The standard InChI is InChI=1S/C11H12Cl3O/c12-11(13,14)10(7-4-8-15)9-5-2-1-3-6-9/h1-3,5-6,10H,4,7-8H2. The maximum absolute atomic E-state index is 10.5. The second-order valence-corrected chi connectivity index (χ2v) is 5.72. The Morgan fingerprint density at radius 1 is 1.13 bits per heavy atom. The Balaban J connectivity index is 2.82. The first-order valence-electron chi connectivity index (χ1n) is 4.75. The van der Waals surface area contributed by atoms with Crippen molar-refractivity contribution in [2.45, 2.75) is 22.6 Å². The first kappa shape index (κ1) is 13.1. The van der Waals surface area contributed by atoms with E-state index < -0.39 is 3.79 Å². The van der Waals surface area contributed by atoms with Gasteiger partial charge >= 0.3 is 0 Å². The van der Waals surface area contributed by atoms with E-state index in [1.165, 1.54) is 0 Å². The topological polar surface area (TPSA) is 19.9 Å². The van der Waals surface area contributed by atoms with Crippen molar-refractivity contribution in [2.24, 2.45) is 0 Å². The van der Waals surface area contributed by atoms with E-state index in [2.05, 4.69) is 0 Å². The summed E-state index contributed by atoms with van der Waals surface area (Å²) >= 11 is 17.7. The molecule has 4 heteroatoms. The molecule has 1 aromatic carbocycles. The molecule has 0 aliphatic heterocycles. The molecule has 1 nitrogen and oxygen atoms in total. The highest BCUT2D eigenvalue weighted by Gasteiger charge is 2.33. The number of benzene rings is 1. The fraction of sp³-hybridized carbons (Fsp3) is 0.455. The summed E-state index contributed by atoms with van der Waals surface area (Å²) in [7, 11) is 0. The van der Waals surface area contributed by atoms with E-state index >= 15 is 0 Å². The normalized spacial score (nSPS) is 13.9. The van der Waals surface area contributed by atoms with E-state index in [4.69, 9.17) is 34.8 Å². The van der Waals surface area contributed by atoms with Gasteiger partial charge in [0.05, 0.1) is 6.61 Å². The van der Waals surface area contributed by atoms with Crippen LogP contribution in [0.15, 0.2) is 30.3 Å². The van der Waals surface area contributed by atoms with Gasteiger partial charge in [-0.25, -0.2) is 5.11 Å². The van der Waals surface area contributed by atoms with Crippen LogP contribution in [0.3, 0.4) is 0 Å². The fourth-order valence-electron chi connectivity index (χ4n) is 1.49. The molecule has 0 N–H and O–H groups in total. The Morgan fingerprint density at radius 2 is 1.73 bits per heavy atom. The monoisotopic (exact) mass is 265 g/mol. The highest BCUT2D eigenvalue weighted by Crippen LogP contribution is 2.43. The van der Waals surface area contributed by atoms with Gasteiger partial charge in [0.25, 0.3) is 0 Å². The van der Waals surface area contributed by atoms with Crippen molar-refractivity contribution in [2.75, 3.05) is 6.61 Å². The van der Waals surface area contributed by atoms with Gasteiger partial charge in [-0.15, -0.1) is 0 Å². The predicted molar refractivity (Wildman–Crippen MR) is 64.3 cm³/mol. The number of halogens is 3. The molecule has 0 aliphatic rings. The molecule has 1 radical (unpaired) electrons. The Morgan fingerprint density at radius 3 is 2.20 bits per heavy atom. The van der Waals surface area contributed by atoms with Gasteiger partial charge in [-0.3, -0.25) is 0 Å². The lowest BCUT2D eigenvalue weighted by molar-refractivity contribution is 0.184. The van der Waals surface area contributed by atoms with Crippen molar-refractivity contribution in [3.05, 3.63) is 35.9 Å². The summed E-state index contributed by atoms with van der Waals surface area (Å²) in [5, 5.41) is 10.5. The lowest BCUT2D eigenvalue weighted by Crippen LogP contribution is -2.17. The van der Waals surface area contributed by atoms with Gasteiger partial charge in [0.15, 0.2) is 3.79 Å². The SMILES string of the molecule is [O]CCCC(c1ccccc1)C(Cl)(Cl)Cl. The van der Waals surface area contributed by atoms with Crippen LogP contribution in [0.1, 0.15) is 24.3 Å². The van der Waals surface area contributed by atoms with Crippen LogP contribution in [-0.4, -0.2) is 10.4 Å². The van der Waals surface area contributed by atoms with Crippen LogP contribution < -0.4 is 0 Å². The Labute approximate surface area is 105 Å². The molecule has 0 fully saturated rings. The molecular weight excluding hydrogens is 254 g/mol. The molecule has 0 bridgehead atoms. The average molecular weight is 267 g/mol. The molecule has 0 amide bonds. The number of hydrogen-bond donors (Lipinski definition) is 0. The maximum atomic E-state index is 10.5. The molecular formula is C11H12Cl3O.